The third-order valence-corrected chi connectivity index (χ3v) is 3.00. The molecule has 0 aliphatic heterocycles. The minimum atomic E-state index is -0.659. The average molecular weight is 277 g/mol. The molecule has 106 valence electrons. The first-order chi connectivity index (χ1) is 9.56. The van der Waals surface area contributed by atoms with Gasteiger partial charge in [-0.25, -0.2) is 0 Å². The van der Waals surface area contributed by atoms with Crippen LogP contribution in [-0.2, 0) is 0 Å². The second kappa shape index (κ2) is 5.75. The van der Waals surface area contributed by atoms with E-state index in [-0.39, 0.29) is 5.69 Å². The van der Waals surface area contributed by atoms with Crippen molar-refractivity contribution in [1.29, 1.82) is 0 Å². The summed E-state index contributed by atoms with van der Waals surface area (Å²) < 4.78 is 10.7. The quantitative estimate of drug-likeness (QED) is 0.669. The Hall–Kier alpha value is -2.34. The fourth-order valence-electron chi connectivity index (χ4n) is 1.87. The van der Waals surface area contributed by atoms with Gasteiger partial charge in [0.05, 0.1) is 23.7 Å². The molecule has 0 amide bonds. The van der Waals surface area contributed by atoms with Crippen LogP contribution in [0.3, 0.4) is 0 Å². The fourth-order valence-corrected chi connectivity index (χ4v) is 1.87. The van der Waals surface area contributed by atoms with Crippen molar-refractivity contribution in [2.75, 3.05) is 7.11 Å². The van der Waals surface area contributed by atoms with Crippen molar-refractivity contribution in [2.24, 2.45) is 0 Å². The Morgan fingerprint density at radius 1 is 1.40 bits per heavy atom. The van der Waals surface area contributed by atoms with Gasteiger partial charge in [0.25, 0.3) is 5.69 Å². The molecule has 0 saturated carbocycles. The van der Waals surface area contributed by atoms with E-state index in [1.807, 2.05) is 6.92 Å². The van der Waals surface area contributed by atoms with E-state index in [9.17, 15) is 15.2 Å². The number of furan rings is 1. The third-order valence-electron chi connectivity index (χ3n) is 3.00. The Bertz CT molecular complexity index is 620. The number of aliphatic hydroxyl groups is 1. The van der Waals surface area contributed by atoms with Gasteiger partial charge in [-0.05, 0) is 24.6 Å². The lowest BCUT2D eigenvalue weighted by Crippen LogP contribution is -1.93. The predicted octanol–water partition coefficient (Wildman–Crippen LogP) is 3.31. The van der Waals surface area contributed by atoms with E-state index in [2.05, 4.69) is 0 Å². The van der Waals surface area contributed by atoms with E-state index in [0.29, 0.717) is 29.3 Å². The molecule has 1 heterocycles. The van der Waals surface area contributed by atoms with Gasteiger partial charge in [-0.3, -0.25) is 10.1 Å². The molecule has 0 aliphatic rings. The van der Waals surface area contributed by atoms with Crippen LogP contribution < -0.4 is 4.74 Å². The normalized spacial score (nSPS) is 12.2. The van der Waals surface area contributed by atoms with Crippen LogP contribution in [0.5, 0.6) is 5.75 Å². The van der Waals surface area contributed by atoms with Gasteiger partial charge in [-0.1, -0.05) is 6.92 Å². The lowest BCUT2D eigenvalue weighted by molar-refractivity contribution is -0.384. The van der Waals surface area contributed by atoms with Crippen LogP contribution in [0.4, 0.5) is 5.69 Å². The lowest BCUT2D eigenvalue weighted by atomic mass is 10.1. The molecule has 0 bridgehead atoms. The van der Waals surface area contributed by atoms with E-state index in [0.717, 1.165) is 0 Å². The first-order valence-corrected chi connectivity index (χ1v) is 6.17. The lowest BCUT2D eigenvalue weighted by Gasteiger charge is -2.06. The van der Waals surface area contributed by atoms with Crippen LogP contribution in [-0.4, -0.2) is 17.1 Å². The van der Waals surface area contributed by atoms with E-state index in [1.165, 1.54) is 19.2 Å². The Kier molecular flexibility index (Phi) is 4.05. The number of rotatable bonds is 5. The summed E-state index contributed by atoms with van der Waals surface area (Å²) in [6, 6.07) is 7.68. The minimum absolute atomic E-state index is 0.0500. The molecular formula is C14H15NO5. The highest BCUT2D eigenvalue weighted by molar-refractivity contribution is 5.68. The summed E-state index contributed by atoms with van der Waals surface area (Å²) in [5, 5.41) is 20.5. The summed E-state index contributed by atoms with van der Waals surface area (Å²) in [5.74, 6) is 1.31. The summed E-state index contributed by atoms with van der Waals surface area (Å²) in [6.07, 6.45) is -0.113. The topological polar surface area (TPSA) is 85.7 Å². The highest BCUT2D eigenvalue weighted by atomic mass is 16.6. The van der Waals surface area contributed by atoms with Crippen LogP contribution >= 0.6 is 0 Å². The van der Waals surface area contributed by atoms with E-state index in [4.69, 9.17) is 9.15 Å². The maximum atomic E-state index is 10.7. The minimum Gasteiger partial charge on any atom is -0.496 e. The molecule has 0 fully saturated rings. The number of hydrogen-bond acceptors (Lipinski definition) is 5. The Balaban J connectivity index is 2.41. The van der Waals surface area contributed by atoms with Crippen molar-refractivity contribution in [3.8, 4) is 17.1 Å². The van der Waals surface area contributed by atoms with Crippen LogP contribution in [0.25, 0.3) is 11.3 Å². The number of nitrogens with zero attached hydrogens (tertiary/aromatic N) is 1. The maximum absolute atomic E-state index is 10.7. The van der Waals surface area contributed by atoms with Crippen LogP contribution in [0.15, 0.2) is 34.7 Å². The average Bonchev–Trinajstić information content (AvgIpc) is 2.95. The summed E-state index contributed by atoms with van der Waals surface area (Å²) in [5.41, 5.74) is 0.554. The molecule has 1 unspecified atom stereocenters. The molecule has 2 rings (SSSR count). The molecule has 2 aromatic rings. The smallest absolute Gasteiger partial charge is 0.273 e. The molecule has 6 heteroatoms. The first kappa shape index (κ1) is 14.1. The van der Waals surface area contributed by atoms with Gasteiger partial charge >= 0.3 is 0 Å². The van der Waals surface area contributed by atoms with Gasteiger partial charge in [-0.15, -0.1) is 0 Å². The Morgan fingerprint density at radius 3 is 2.75 bits per heavy atom. The maximum Gasteiger partial charge on any atom is 0.273 e. The zero-order chi connectivity index (χ0) is 14.7. The van der Waals surface area contributed by atoms with Crippen LogP contribution in [0.1, 0.15) is 25.2 Å². The largest absolute Gasteiger partial charge is 0.496 e. The molecule has 0 saturated heterocycles. The zero-order valence-corrected chi connectivity index (χ0v) is 11.2. The molecule has 6 nitrogen and oxygen atoms in total. The highest BCUT2D eigenvalue weighted by Gasteiger charge is 2.17. The molecular weight excluding hydrogens is 262 g/mol. The van der Waals surface area contributed by atoms with Crippen molar-refractivity contribution in [3.05, 3.63) is 46.2 Å². The molecule has 1 aromatic carbocycles. The number of hydrogen-bond donors (Lipinski definition) is 1. The van der Waals surface area contributed by atoms with E-state index < -0.39 is 11.0 Å². The molecule has 0 spiro atoms. The number of nitro benzene ring substituents is 1. The number of methoxy groups -OCH3 is 1. The molecule has 1 N–H and O–H groups in total. The van der Waals surface area contributed by atoms with Crippen LogP contribution in [0.2, 0.25) is 0 Å². The molecule has 20 heavy (non-hydrogen) atoms. The van der Waals surface area contributed by atoms with Gasteiger partial charge in [0.1, 0.15) is 23.4 Å². The van der Waals surface area contributed by atoms with Crippen LogP contribution in [0, 0.1) is 10.1 Å². The van der Waals surface area contributed by atoms with Gasteiger partial charge in [0, 0.05) is 6.07 Å². The van der Waals surface area contributed by atoms with Crippen molar-refractivity contribution in [1.82, 2.24) is 0 Å². The van der Waals surface area contributed by atoms with E-state index in [1.54, 1.807) is 18.2 Å². The summed E-state index contributed by atoms with van der Waals surface area (Å²) in [6.45, 7) is 1.85. The van der Waals surface area contributed by atoms with Crippen molar-refractivity contribution >= 4 is 5.69 Å². The molecule has 1 atom stereocenters. The fraction of sp³-hybridized carbons (Fsp3) is 0.286. The number of benzene rings is 1. The van der Waals surface area contributed by atoms with Gasteiger partial charge in [0.15, 0.2) is 0 Å². The van der Waals surface area contributed by atoms with Gasteiger partial charge in [0.2, 0.25) is 0 Å². The number of ether oxygens (including phenoxy) is 1. The summed E-state index contributed by atoms with van der Waals surface area (Å²) >= 11 is 0. The third kappa shape index (κ3) is 2.65. The number of nitro groups is 1. The molecule has 0 aliphatic carbocycles. The Morgan fingerprint density at radius 2 is 2.15 bits per heavy atom. The monoisotopic (exact) mass is 277 g/mol. The predicted molar refractivity (Wildman–Crippen MR) is 72.6 cm³/mol. The van der Waals surface area contributed by atoms with Crippen molar-refractivity contribution < 1.29 is 19.2 Å². The van der Waals surface area contributed by atoms with Crippen molar-refractivity contribution in [3.63, 3.8) is 0 Å². The second-order valence-corrected chi connectivity index (χ2v) is 4.27. The molecule has 0 radical (unpaired) electrons. The Labute approximate surface area is 115 Å². The summed E-state index contributed by atoms with van der Waals surface area (Å²) in [4.78, 5) is 10.3. The number of aliphatic hydroxyl groups excluding tert-OH is 1. The highest BCUT2D eigenvalue weighted by Crippen LogP contribution is 2.35. The summed E-state index contributed by atoms with van der Waals surface area (Å²) in [7, 11) is 1.44. The first-order valence-electron chi connectivity index (χ1n) is 6.17. The SMILES string of the molecule is CCC(O)c1ccc(-c2ccc([N+](=O)[O-])cc2OC)o1. The van der Waals surface area contributed by atoms with Gasteiger partial charge in [-0.2, -0.15) is 0 Å². The van der Waals surface area contributed by atoms with Gasteiger partial charge < -0.3 is 14.3 Å². The standard InChI is InChI=1S/C14H15NO5/c1-3-11(16)13-7-6-12(20-13)10-5-4-9(15(17)18)8-14(10)19-2/h4-8,11,16H,3H2,1-2H3. The van der Waals surface area contributed by atoms with E-state index >= 15 is 0 Å². The molecule has 1 aromatic heterocycles. The second-order valence-electron chi connectivity index (χ2n) is 4.27. The van der Waals surface area contributed by atoms with Crippen molar-refractivity contribution in [2.45, 2.75) is 19.4 Å². The number of non-ortho nitro benzene ring substituents is 1. The zero-order valence-electron chi connectivity index (χ0n) is 11.2.